The molecule has 5 heteroatoms. The summed E-state index contributed by atoms with van der Waals surface area (Å²) in [6.07, 6.45) is 2.73. The van der Waals surface area contributed by atoms with Crippen molar-refractivity contribution in [3.05, 3.63) is 0 Å². The Balaban J connectivity index is 2.37. The van der Waals surface area contributed by atoms with Crippen molar-refractivity contribution in [2.45, 2.75) is 45.6 Å². The highest BCUT2D eigenvalue weighted by Crippen LogP contribution is 2.18. The van der Waals surface area contributed by atoms with E-state index in [1.54, 1.807) is 4.90 Å². The highest BCUT2D eigenvalue weighted by molar-refractivity contribution is 5.77. The summed E-state index contributed by atoms with van der Waals surface area (Å²) in [5.74, 6) is -0.883. The molecule has 1 heterocycles. The molecule has 110 valence electrons. The Labute approximate surface area is 115 Å². The first-order valence-electron chi connectivity index (χ1n) is 7.13. The summed E-state index contributed by atoms with van der Waals surface area (Å²) in [5, 5.41) is 8.70. The van der Waals surface area contributed by atoms with E-state index in [4.69, 9.17) is 5.11 Å². The summed E-state index contributed by atoms with van der Waals surface area (Å²) in [7, 11) is 1.82. The van der Waals surface area contributed by atoms with Gasteiger partial charge in [-0.2, -0.15) is 0 Å². The van der Waals surface area contributed by atoms with Crippen LogP contribution >= 0.6 is 0 Å². The van der Waals surface area contributed by atoms with Crippen LogP contribution in [0.4, 0.5) is 0 Å². The van der Waals surface area contributed by atoms with E-state index in [0.29, 0.717) is 12.5 Å². The molecule has 0 bridgehead atoms. The summed E-state index contributed by atoms with van der Waals surface area (Å²) in [5.41, 5.74) is 0. The Morgan fingerprint density at radius 2 is 2.11 bits per heavy atom. The smallest absolute Gasteiger partial charge is 0.303 e. The van der Waals surface area contributed by atoms with Crippen LogP contribution in [0.15, 0.2) is 0 Å². The number of rotatable bonds is 7. The van der Waals surface area contributed by atoms with E-state index in [1.165, 1.54) is 6.42 Å². The molecule has 5 nitrogen and oxygen atoms in total. The molecule has 0 aliphatic carbocycles. The van der Waals surface area contributed by atoms with Crippen molar-refractivity contribution >= 4 is 11.9 Å². The normalized spacial score (nSPS) is 21.3. The summed E-state index contributed by atoms with van der Waals surface area (Å²) in [6.45, 7) is 6.87. The lowest BCUT2D eigenvalue weighted by Gasteiger charge is -2.28. The quantitative estimate of drug-likeness (QED) is 0.760. The number of carbonyl (C=O) groups excluding carboxylic acids is 1. The molecule has 2 unspecified atom stereocenters. The molecule has 0 saturated carbocycles. The fraction of sp³-hybridized carbons (Fsp3) is 0.857. The van der Waals surface area contributed by atoms with Gasteiger partial charge in [-0.1, -0.05) is 13.8 Å². The van der Waals surface area contributed by atoms with E-state index in [1.807, 2.05) is 14.0 Å². The Bertz CT molecular complexity index is 320. The third-order valence-corrected chi connectivity index (χ3v) is 3.86. The lowest BCUT2D eigenvalue weighted by molar-refractivity contribution is -0.138. The third kappa shape index (κ3) is 5.19. The van der Waals surface area contributed by atoms with Crippen LogP contribution < -0.4 is 0 Å². The topological polar surface area (TPSA) is 60.9 Å². The number of amides is 1. The summed E-state index contributed by atoms with van der Waals surface area (Å²) >= 11 is 0. The van der Waals surface area contributed by atoms with Crippen molar-refractivity contribution in [1.29, 1.82) is 0 Å². The van der Waals surface area contributed by atoms with Gasteiger partial charge in [-0.3, -0.25) is 14.5 Å². The number of carbonyl (C=O) groups is 2. The van der Waals surface area contributed by atoms with Crippen molar-refractivity contribution in [3.63, 3.8) is 0 Å². The number of nitrogens with zero attached hydrogens (tertiary/aromatic N) is 2. The first-order valence-corrected chi connectivity index (χ1v) is 7.13. The molecule has 0 aromatic rings. The maximum absolute atomic E-state index is 12.0. The minimum Gasteiger partial charge on any atom is -0.481 e. The van der Waals surface area contributed by atoms with Gasteiger partial charge < -0.3 is 10.0 Å². The van der Waals surface area contributed by atoms with E-state index in [2.05, 4.69) is 11.8 Å². The Morgan fingerprint density at radius 1 is 1.42 bits per heavy atom. The molecule has 1 fully saturated rings. The SMILES string of the molecule is CCN1CCCC1CN(C)C(=O)CC(C)CC(=O)O. The molecule has 1 saturated heterocycles. The largest absolute Gasteiger partial charge is 0.481 e. The van der Waals surface area contributed by atoms with Gasteiger partial charge in [-0.05, 0) is 31.8 Å². The molecule has 1 rings (SSSR count). The van der Waals surface area contributed by atoms with Crippen molar-refractivity contribution in [2.24, 2.45) is 5.92 Å². The molecular formula is C14H26N2O3. The fourth-order valence-electron chi connectivity index (χ4n) is 2.76. The van der Waals surface area contributed by atoms with Gasteiger partial charge in [0.05, 0.1) is 0 Å². The first kappa shape index (κ1) is 16.0. The van der Waals surface area contributed by atoms with Crippen molar-refractivity contribution in [3.8, 4) is 0 Å². The molecule has 1 N–H and O–H groups in total. The molecule has 0 aromatic carbocycles. The molecule has 0 radical (unpaired) electrons. The second kappa shape index (κ2) is 7.48. The number of carboxylic acid groups (broad SMARTS) is 1. The standard InChI is InChI=1S/C14H26N2O3/c1-4-16-7-5-6-12(16)10-15(3)13(17)8-11(2)9-14(18)19/h11-12H,4-10H2,1-3H3,(H,18,19). The van der Waals surface area contributed by atoms with Crippen LogP contribution in [-0.4, -0.2) is 59.5 Å². The molecule has 1 aliphatic heterocycles. The Hall–Kier alpha value is -1.10. The minimum absolute atomic E-state index is 0.0525. The molecule has 19 heavy (non-hydrogen) atoms. The van der Waals surface area contributed by atoms with E-state index >= 15 is 0 Å². The summed E-state index contributed by atoms with van der Waals surface area (Å²) < 4.78 is 0. The van der Waals surface area contributed by atoms with Crippen molar-refractivity contribution in [2.75, 3.05) is 26.7 Å². The van der Waals surface area contributed by atoms with Gasteiger partial charge in [0.25, 0.3) is 0 Å². The van der Waals surface area contributed by atoms with Gasteiger partial charge in [-0.25, -0.2) is 0 Å². The van der Waals surface area contributed by atoms with Crippen molar-refractivity contribution < 1.29 is 14.7 Å². The Kier molecular flexibility index (Phi) is 6.28. The van der Waals surface area contributed by atoms with Gasteiger partial charge in [0, 0.05) is 32.5 Å². The third-order valence-electron chi connectivity index (χ3n) is 3.86. The van der Waals surface area contributed by atoms with E-state index < -0.39 is 5.97 Å². The highest BCUT2D eigenvalue weighted by atomic mass is 16.4. The number of likely N-dealkylation sites (N-methyl/N-ethyl adjacent to an activating group) is 2. The lowest BCUT2D eigenvalue weighted by atomic mass is 10.0. The monoisotopic (exact) mass is 270 g/mol. The molecule has 0 aromatic heterocycles. The van der Waals surface area contributed by atoms with Gasteiger partial charge in [0.1, 0.15) is 0 Å². The predicted octanol–water partition coefficient (Wildman–Crippen LogP) is 1.43. The van der Waals surface area contributed by atoms with Gasteiger partial charge in [0.2, 0.25) is 5.91 Å². The second-order valence-corrected chi connectivity index (χ2v) is 5.61. The highest BCUT2D eigenvalue weighted by Gasteiger charge is 2.26. The fourth-order valence-corrected chi connectivity index (χ4v) is 2.76. The second-order valence-electron chi connectivity index (χ2n) is 5.61. The average molecular weight is 270 g/mol. The van der Waals surface area contributed by atoms with Crippen LogP contribution in [0, 0.1) is 5.92 Å². The maximum atomic E-state index is 12.0. The van der Waals surface area contributed by atoms with Crippen LogP contribution in [0.25, 0.3) is 0 Å². The number of likely N-dealkylation sites (tertiary alicyclic amines) is 1. The summed E-state index contributed by atoms with van der Waals surface area (Å²) in [4.78, 5) is 26.8. The van der Waals surface area contributed by atoms with Crippen LogP contribution in [0.2, 0.25) is 0 Å². The Morgan fingerprint density at radius 3 is 2.68 bits per heavy atom. The van der Waals surface area contributed by atoms with Crippen molar-refractivity contribution in [1.82, 2.24) is 9.80 Å². The first-order chi connectivity index (χ1) is 8.93. The van der Waals surface area contributed by atoms with Crippen LogP contribution in [-0.2, 0) is 9.59 Å². The molecular weight excluding hydrogens is 244 g/mol. The van der Waals surface area contributed by atoms with Crippen LogP contribution in [0.1, 0.15) is 39.5 Å². The molecule has 0 spiro atoms. The maximum Gasteiger partial charge on any atom is 0.303 e. The van der Waals surface area contributed by atoms with Gasteiger partial charge in [-0.15, -0.1) is 0 Å². The van der Waals surface area contributed by atoms with Crippen LogP contribution in [0.3, 0.4) is 0 Å². The number of carboxylic acids is 1. The average Bonchev–Trinajstić information content (AvgIpc) is 2.74. The van der Waals surface area contributed by atoms with E-state index in [0.717, 1.165) is 26.1 Å². The zero-order valence-corrected chi connectivity index (χ0v) is 12.3. The molecule has 1 aliphatic rings. The van der Waals surface area contributed by atoms with Gasteiger partial charge in [0.15, 0.2) is 0 Å². The minimum atomic E-state index is -0.837. The zero-order valence-electron chi connectivity index (χ0n) is 12.3. The predicted molar refractivity (Wildman–Crippen MR) is 73.9 cm³/mol. The lowest BCUT2D eigenvalue weighted by Crippen LogP contribution is -2.41. The number of aliphatic carboxylic acids is 1. The van der Waals surface area contributed by atoms with Gasteiger partial charge >= 0.3 is 5.97 Å². The van der Waals surface area contributed by atoms with Crippen LogP contribution in [0.5, 0.6) is 0 Å². The molecule has 1 amide bonds. The van der Waals surface area contributed by atoms with E-state index in [-0.39, 0.29) is 18.2 Å². The number of hydrogen-bond donors (Lipinski definition) is 1. The van der Waals surface area contributed by atoms with E-state index in [9.17, 15) is 9.59 Å². The summed E-state index contributed by atoms with van der Waals surface area (Å²) in [6, 6.07) is 0.466. The molecule has 2 atom stereocenters. The zero-order chi connectivity index (χ0) is 14.4. The number of hydrogen-bond acceptors (Lipinski definition) is 3.